The van der Waals surface area contributed by atoms with Crippen LogP contribution in [-0.2, 0) is 6.54 Å². The van der Waals surface area contributed by atoms with Crippen LogP contribution in [0.1, 0.15) is 10.4 Å². The standard InChI is InChI=1S/C15H18N2O2S/c1-12-7-8-14(20-12)16-15(19)17(9-10-18)11-13-5-3-2-4-6-13/h2-8,18H,9-11H2,1H3,(H,16,19). The van der Waals surface area contributed by atoms with Crippen molar-refractivity contribution in [1.82, 2.24) is 4.90 Å². The zero-order valence-corrected chi connectivity index (χ0v) is 12.2. The summed E-state index contributed by atoms with van der Waals surface area (Å²) in [4.78, 5) is 15.0. The minimum atomic E-state index is -0.190. The number of carbonyl (C=O) groups excluding carboxylic acids is 1. The third-order valence-electron chi connectivity index (χ3n) is 2.84. The van der Waals surface area contributed by atoms with Crippen molar-refractivity contribution < 1.29 is 9.90 Å². The first-order valence-corrected chi connectivity index (χ1v) is 7.28. The SMILES string of the molecule is Cc1ccc(NC(=O)N(CCO)Cc2ccccc2)s1. The summed E-state index contributed by atoms with van der Waals surface area (Å²) in [7, 11) is 0. The second-order valence-electron chi connectivity index (χ2n) is 4.47. The van der Waals surface area contributed by atoms with Gasteiger partial charge in [-0.1, -0.05) is 30.3 Å². The van der Waals surface area contributed by atoms with Crippen molar-refractivity contribution in [3.8, 4) is 0 Å². The Hall–Kier alpha value is -1.85. The molecule has 0 aliphatic carbocycles. The summed E-state index contributed by atoms with van der Waals surface area (Å²) in [6, 6.07) is 13.4. The van der Waals surface area contributed by atoms with Gasteiger partial charge in [-0.2, -0.15) is 0 Å². The van der Waals surface area contributed by atoms with Gasteiger partial charge < -0.3 is 10.0 Å². The molecule has 1 aromatic heterocycles. The van der Waals surface area contributed by atoms with Crippen LogP contribution < -0.4 is 5.32 Å². The summed E-state index contributed by atoms with van der Waals surface area (Å²) in [6.07, 6.45) is 0. The van der Waals surface area contributed by atoms with Crippen LogP contribution >= 0.6 is 11.3 Å². The number of hydrogen-bond acceptors (Lipinski definition) is 3. The van der Waals surface area contributed by atoms with E-state index in [1.165, 1.54) is 11.3 Å². The molecular weight excluding hydrogens is 272 g/mol. The molecule has 0 saturated carbocycles. The van der Waals surface area contributed by atoms with E-state index in [0.29, 0.717) is 13.1 Å². The average Bonchev–Trinajstić information content (AvgIpc) is 2.85. The summed E-state index contributed by atoms with van der Waals surface area (Å²) >= 11 is 1.54. The van der Waals surface area contributed by atoms with Crippen molar-refractivity contribution in [2.24, 2.45) is 0 Å². The number of nitrogens with zero attached hydrogens (tertiary/aromatic N) is 1. The first-order valence-electron chi connectivity index (χ1n) is 6.46. The normalized spacial score (nSPS) is 10.3. The molecule has 2 N–H and O–H groups in total. The molecule has 0 spiro atoms. The van der Waals surface area contributed by atoms with Crippen molar-refractivity contribution >= 4 is 22.4 Å². The van der Waals surface area contributed by atoms with E-state index in [-0.39, 0.29) is 12.6 Å². The number of aryl methyl sites for hydroxylation is 1. The zero-order valence-electron chi connectivity index (χ0n) is 11.4. The molecule has 1 heterocycles. The van der Waals surface area contributed by atoms with E-state index in [1.807, 2.05) is 49.4 Å². The largest absolute Gasteiger partial charge is 0.395 e. The Morgan fingerprint density at radius 1 is 1.25 bits per heavy atom. The van der Waals surface area contributed by atoms with Gasteiger partial charge in [-0.15, -0.1) is 11.3 Å². The highest BCUT2D eigenvalue weighted by Crippen LogP contribution is 2.21. The van der Waals surface area contributed by atoms with Crippen LogP contribution in [0.4, 0.5) is 9.80 Å². The number of thiophene rings is 1. The highest BCUT2D eigenvalue weighted by Gasteiger charge is 2.14. The smallest absolute Gasteiger partial charge is 0.322 e. The van der Waals surface area contributed by atoms with Gasteiger partial charge in [-0.25, -0.2) is 4.79 Å². The molecule has 20 heavy (non-hydrogen) atoms. The Labute approximate surface area is 122 Å². The number of carbonyl (C=O) groups is 1. The van der Waals surface area contributed by atoms with E-state index < -0.39 is 0 Å². The van der Waals surface area contributed by atoms with Gasteiger partial charge in [0.2, 0.25) is 0 Å². The molecule has 2 rings (SSSR count). The van der Waals surface area contributed by atoms with Gasteiger partial charge in [-0.3, -0.25) is 5.32 Å². The van der Waals surface area contributed by atoms with E-state index >= 15 is 0 Å². The average molecular weight is 290 g/mol. The predicted octanol–water partition coefficient (Wildman–Crippen LogP) is 3.08. The first kappa shape index (κ1) is 14.6. The number of amides is 2. The van der Waals surface area contributed by atoms with Gasteiger partial charge in [0, 0.05) is 18.0 Å². The zero-order chi connectivity index (χ0) is 14.4. The molecule has 0 unspecified atom stereocenters. The molecule has 5 heteroatoms. The van der Waals surface area contributed by atoms with Crippen LogP contribution in [0.25, 0.3) is 0 Å². The number of benzene rings is 1. The van der Waals surface area contributed by atoms with Crippen molar-refractivity contribution in [1.29, 1.82) is 0 Å². The van der Waals surface area contributed by atoms with E-state index in [9.17, 15) is 4.79 Å². The van der Waals surface area contributed by atoms with E-state index in [0.717, 1.165) is 15.4 Å². The fraction of sp³-hybridized carbons (Fsp3) is 0.267. The molecule has 0 atom stereocenters. The summed E-state index contributed by atoms with van der Waals surface area (Å²) in [5.74, 6) is 0. The Morgan fingerprint density at radius 2 is 2.00 bits per heavy atom. The summed E-state index contributed by atoms with van der Waals surface area (Å²) in [6.45, 7) is 2.74. The van der Waals surface area contributed by atoms with Crippen LogP contribution in [0.2, 0.25) is 0 Å². The number of aliphatic hydroxyl groups is 1. The van der Waals surface area contributed by atoms with E-state index in [4.69, 9.17) is 5.11 Å². The van der Waals surface area contributed by atoms with Crippen LogP contribution in [0.5, 0.6) is 0 Å². The fourth-order valence-electron chi connectivity index (χ4n) is 1.86. The highest BCUT2D eigenvalue weighted by atomic mass is 32.1. The lowest BCUT2D eigenvalue weighted by molar-refractivity contribution is 0.185. The van der Waals surface area contributed by atoms with Gasteiger partial charge in [-0.05, 0) is 24.6 Å². The lowest BCUT2D eigenvalue weighted by Crippen LogP contribution is -2.36. The second kappa shape index (κ2) is 7.07. The Kier molecular flexibility index (Phi) is 5.15. The fourth-order valence-corrected chi connectivity index (χ4v) is 2.62. The molecule has 0 radical (unpaired) electrons. The van der Waals surface area contributed by atoms with Crippen LogP contribution in [-0.4, -0.2) is 29.2 Å². The van der Waals surface area contributed by atoms with Gasteiger partial charge in [0.25, 0.3) is 0 Å². The van der Waals surface area contributed by atoms with Gasteiger partial charge in [0.15, 0.2) is 0 Å². The second-order valence-corrected chi connectivity index (χ2v) is 5.76. The number of rotatable bonds is 5. The topological polar surface area (TPSA) is 52.6 Å². The molecule has 2 aromatic rings. The Morgan fingerprint density at radius 3 is 2.60 bits per heavy atom. The number of hydrogen-bond donors (Lipinski definition) is 2. The quantitative estimate of drug-likeness (QED) is 0.889. The minimum Gasteiger partial charge on any atom is -0.395 e. The molecule has 1 aromatic carbocycles. The molecule has 0 aliphatic heterocycles. The van der Waals surface area contributed by atoms with Crippen LogP contribution in [0.15, 0.2) is 42.5 Å². The molecule has 0 saturated heterocycles. The van der Waals surface area contributed by atoms with Gasteiger partial charge >= 0.3 is 6.03 Å². The van der Waals surface area contributed by atoms with Gasteiger partial charge in [0.05, 0.1) is 11.6 Å². The summed E-state index contributed by atoms with van der Waals surface area (Å²) in [5, 5.41) is 12.8. The number of aliphatic hydroxyl groups excluding tert-OH is 1. The van der Waals surface area contributed by atoms with E-state index in [1.54, 1.807) is 4.90 Å². The molecule has 0 bridgehead atoms. The number of urea groups is 1. The van der Waals surface area contributed by atoms with E-state index in [2.05, 4.69) is 5.32 Å². The molecule has 106 valence electrons. The molecule has 4 nitrogen and oxygen atoms in total. The lowest BCUT2D eigenvalue weighted by atomic mass is 10.2. The van der Waals surface area contributed by atoms with Crippen molar-refractivity contribution in [3.63, 3.8) is 0 Å². The van der Waals surface area contributed by atoms with Crippen molar-refractivity contribution in [2.75, 3.05) is 18.5 Å². The maximum absolute atomic E-state index is 12.2. The van der Waals surface area contributed by atoms with Crippen LogP contribution in [0, 0.1) is 6.92 Å². The molecule has 0 fully saturated rings. The monoisotopic (exact) mass is 290 g/mol. The minimum absolute atomic E-state index is 0.0519. The first-order chi connectivity index (χ1) is 9.69. The molecule has 2 amide bonds. The predicted molar refractivity (Wildman–Crippen MR) is 82.0 cm³/mol. The molecule has 0 aliphatic rings. The van der Waals surface area contributed by atoms with Crippen molar-refractivity contribution in [2.45, 2.75) is 13.5 Å². The molecular formula is C15H18N2O2S. The Bertz CT molecular complexity index is 554. The summed E-state index contributed by atoms with van der Waals surface area (Å²) < 4.78 is 0. The van der Waals surface area contributed by atoms with Crippen molar-refractivity contribution in [3.05, 3.63) is 52.9 Å². The lowest BCUT2D eigenvalue weighted by Gasteiger charge is -2.21. The van der Waals surface area contributed by atoms with Crippen LogP contribution in [0.3, 0.4) is 0 Å². The number of anilines is 1. The maximum atomic E-state index is 12.2. The Balaban J connectivity index is 2.02. The number of nitrogens with one attached hydrogen (secondary N) is 1. The third kappa shape index (κ3) is 4.08. The third-order valence-corrected chi connectivity index (χ3v) is 3.76. The highest BCUT2D eigenvalue weighted by molar-refractivity contribution is 7.16. The maximum Gasteiger partial charge on any atom is 0.322 e. The van der Waals surface area contributed by atoms with Gasteiger partial charge in [0.1, 0.15) is 0 Å². The summed E-state index contributed by atoms with van der Waals surface area (Å²) in [5.41, 5.74) is 1.04.